The lowest BCUT2D eigenvalue weighted by Gasteiger charge is -2.24. The van der Waals surface area contributed by atoms with E-state index in [2.05, 4.69) is 5.32 Å². The van der Waals surface area contributed by atoms with Crippen molar-refractivity contribution in [3.63, 3.8) is 0 Å². The van der Waals surface area contributed by atoms with Crippen molar-refractivity contribution < 1.29 is 13.2 Å². The highest BCUT2D eigenvalue weighted by Crippen LogP contribution is 2.37. The van der Waals surface area contributed by atoms with Gasteiger partial charge in [-0.2, -0.15) is 0 Å². The van der Waals surface area contributed by atoms with Gasteiger partial charge in [0.15, 0.2) is 0 Å². The molecule has 0 radical (unpaired) electrons. The number of carbonyl (C=O) groups is 1. The molecule has 0 saturated heterocycles. The highest BCUT2D eigenvalue weighted by Gasteiger charge is 2.36. The second kappa shape index (κ2) is 6.28. The predicted octanol–water partition coefficient (Wildman–Crippen LogP) is 3.37. The molecule has 1 aliphatic heterocycles. The van der Waals surface area contributed by atoms with Crippen LogP contribution in [0.2, 0.25) is 5.02 Å². The maximum absolute atomic E-state index is 13.1. The highest BCUT2D eigenvalue weighted by molar-refractivity contribution is 7.92. The van der Waals surface area contributed by atoms with Crippen molar-refractivity contribution in [3.8, 4) is 0 Å². The molecule has 5 nitrogen and oxygen atoms in total. The van der Waals surface area contributed by atoms with E-state index in [0.717, 1.165) is 18.4 Å². The summed E-state index contributed by atoms with van der Waals surface area (Å²) >= 11 is 5.87. The number of sulfonamides is 1. The van der Waals surface area contributed by atoms with Gasteiger partial charge in [-0.15, -0.1) is 0 Å². The fourth-order valence-corrected chi connectivity index (χ4v) is 5.15. The molecule has 4 rings (SSSR count). The summed E-state index contributed by atoms with van der Waals surface area (Å²) in [4.78, 5) is 12.5. The summed E-state index contributed by atoms with van der Waals surface area (Å²) in [5.74, 6) is -0.0954. The van der Waals surface area contributed by atoms with Crippen molar-refractivity contribution in [2.45, 2.75) is 43.2 Å². The first-order valence-electron chi connectivity index (χ1n) is 8.60. The lowest BCUT2D eigenvalue weighted by atomic mass is 10.1. The van der Waals surface area contributed by atoms with E-state index in [-0.39, 0.29) is 22.9 Å². The van der Waals surface area contributed by atoms with E-state index >= 15 is 0 Å². The van der Waals surface area contributed by atoms with Crippen LogP contribution < -0.4 is 9.62 Å². The molecule has 1 amide bonds. The van der Waals surface area contributed by atoms with Gasteiger partial charge in [-0.3, -0.25) is 9.10 Å². The average Bonchev–Trinajstić information content (AvgIpc) is 3.33. The molecule has 1 atom stereocenters. The molecule has 1 N–H and O–H groups in total. The summed E-state index contributed by atoms with van der Waals surface area (Å²) in [5.41, 5.74) is 2.09. The van der Waals surface area contributed by atoms with Crippen LogP contribution in [0.25, 0.3) is 0 Å². The van der Waals surface area contributed by atoms with Crippen molar-refractivity contribution in [1.82, 2.24) is 5.32 Å². The van der Waals surface area contributed by atoms with E-state index < -0.39 is 10.0 Å². The van der Waals surface area contributed by atoms with Gasteiger partial charge in [0.05, 0.1) is 10.6 Å². The van der Waals surface area contributed by atoms with Gasteiger partial charge in [-0.25, -0.2) is 8.42 Å². The Labute approximate surface area is 158 Å². The smallest absolute Gasteiger partial charge is 0.264 e. The molecule has 2 aromatic rings. The maximum atomic E-state index is 13.1. The number of fused-ring (bicyclic) bond motifs is 1. The van der Waals surface area contributed by atoms with Gasteiger partial charge in [0, 0.05) is 22.7 Å². The first-order valence-corrected chi connectivity index (χ1v) is 10.4. The van der Waals surface area contributed by atoms with Crippen LogP contribution >= 0.6 is 11.6 Å². The molecule has 0 unspecified atom stereocenters. The quantitative estimate of drug-likeness (QED) is 0.870. The van der Waals surface area contributed by atoms with Gasteiger partial charge in [0.2, 0.25) is 0 Å². The van der Waals surface area contributed by atoms with Crippen LogP contribution in [-0.2, 0) is 16.4 Å². The van der Waals surface area contributed by atoms with Crippen molar-refractivity contribution in [2.75, 3.05) is 4.31 Å². The number of rotatable bonds is 4. The SMILES string of the molecule is C[C@@H]1Cc2cc(C(=O)NC3CC3)ccc2N1S(=O)(=O)c1ccc(Cl)cc1. The summed E-state index contributed by atoms with van der Waals surface area (Å²) in [6, 6.07) is 11.5. The molecule has 26 heavy (non-hydrogen) atoms. The lowest BCUT2D eigenvalue weighted by molar-refractivity contribution is 0.0951. The summed E-state index contributed by atoms with van der Waals surface area (Å²) in [5, 5.41) is 3.45. The zero-order valence-electron chi connectivity index (χ0n) is 14.3. The van der Waals surface area contributed by atoms with Crippen molar-refractivity contribution in [1.29, 1.82) is 0 Å². The van der Waals surface area contributed by atoms with Crippen molar-refractivity contribution in [2.24, 2.45) is 0 Å². The van der Waals surface area contributed by atoms with E-state index in [0.29, 0.717) is 22.7 Å². The van der Waals surface area contributed by atoms with Gasteiger partial charge in [-0.1, -0.05) is 11.6 Å². The first-order chi connectivity index (χ1) is 12.4. The predicted molar refractivity (Wildman–Crippen MR) is 101 cm³/mol. The second-order valence-corrected chi connectivity index (χ2v) is 9.15. The Morgan fingerprint density at radius 1 is 1.15 bits per heavy atom. The zero-order chi connectivity index (χ0) is 18.5. The Bertz CT molecular complexity index is 969. The third-order valence-corrected chi connectivity index (χ3v) is 6.97. The monoisotopic (exact) mass is 390 g/mol. The van der Waals surface area contributed by atoms with Crippen molar-refractivity contribution >= 4 is 33.2 Å². The van der Waals surface area contributed by atoms with Crippen LogP contribution in [0, 0.1) is 0 Å². The van der Waals surface area contributed by atoms with Crippen LogP contribution in [0.5, 0.6) is 0 Å². The standard InChI is InChI=1S/C19H19ClN2O3S/c1-12-10-14-11-13(19(23)21-16-5-6-16)2-9-18(14)22(12)26(24,25)17-7-3-15(20)4-8-17/h2-4,7-9,11-12,16H,5-6,10H2,1H3,(H,21,23)/t12-/m1/s1. The van der Waals surface area contributed by atoms with Crippen LogP contribution in [0.4, 0.5) is 5.69 Å². The van der Waals surface area contributed by atoms with Gasteiger partial charge in [0.1, 0.15) is 0 Å². The first kappa shape index (κ1) is 17.4. The number of halogens is 1. The summed E-state index contributed by atoms with van der Waals surface area (Å²) < 4.78 is 27.6. The summed E-state index contributed by atoms with van der Waals surface area (Å²) in [6.45, 7) is 1.87. The van der Waals surface area contributed by atoms with Gasteiger partial charge >= 0.3 is 0 Å². The molecule has 2 aliphatic rings. The van der Waals surface area contributed by atoms with Crippen LogP contribution in [-0.4, -0.2) is 26.4 Å². The molecule has 0 aromatic heterocycles. The number of nitrogens with one attached hydrogen (secondary N) is 1. The topological polar surface area (TPSA) is 66.5 Å². The summed E-state index contributed by atoms with van der Waals surface area (Å²) in [6.07, 6.45) is 2.63. The molecular weight excluding hydrogens is 372 g/mol. The zero-order valence-corrected chi connectivity index (χ0v) is 15.8. The minimum atomic E-state index is -3.69. The molecule has 1 fully saturated rings. The maximum Gasteiger partial charge on any atom is 0.264 e. The number of amides is 1. The third-order valence-electron chi connectivity index (χ3n) is 4.78. The number of hydrogen-bond acceptors (Lipinski definition) is 3. The van der Waals surface area contributed by atoms with Gasteiger partial charge < -0.3 is 5.32 Å². The molecule has 136 valence electrons. The Kier molecular flexibility index (Phi) is 4.20. The molecule has 7 heteroatoms. The molecule has 1 saturated carbocycles. The Hall–Kier alpha value is -2.05. The molecule has 2 aromatic carbocycles. The van der Waals surface area contributed by atoms with Gasteiger partial charge in [0.25, 0.3) is 15.9 Å². The largest absolute Gasteiger partial charge is 0.349 e. The van der Waals surface area contributed by atoms with E-state index in [4.69, 9.17) is 11.6 Å². The fraction of sp³-hybridized carbons (Fsp3) is 0.316. The number of nitrogens with zero attached hydrogens (tertiary/aromatic N) is 1. The average molecular weight is 391 g/mol. The van der Waals surface area contributed by atoms with Crippen LogP contribution in [0.15, 0.2) is 47.4 Å². The van der Waals surface area contributed by atoms with Crippen molar-refractivity contribution in [3.05, 3.63) is 58.6 Å². The van der Waals surface area contributed by atoms with Crippen LogP contribution in [0.3, 0.4) is 0 Å². The van der Waals surface area contributed by atoms with E-state index in [1.807, 2.05) is 6.92 Å². The molecular formula is C19H19ClN2O3S. The Morgan fingerprint density at radius 2 is 1.85 bits per heavy atom. The minimum absolute atomic E-state index is 0.0954. The normalized spacial score (nSPS) is 19.3. The number of carbonyl (C=O) groups excluding carboxylic acids is 1. The van der Waals surface area contributed by atoms with Crippen LogP contribution in [0.1, 0.15) is 35.7 Å². The van der Waals surface area contributed by atoms with Gasteiger partial charge in [-0.05, 0) is 74.2 Å². The van der Waals surface area contributed by atoms with E-state index in [1.165, 1.54) is 16.4 Å². The molecule has 1 aliphatic carbocycles. The Balaban J connectivity index is 1.67. The molecule has 0 bridgehead atoms. The fourth-order valence-electron chi connectivity index (χ4n) is 3.33. The number of benzene rings is 2. The molecule has 0 spiro atoms. The van der Waals surface area contributed by atoms with E-state index in [9.17, 15) is 13.2 Å². The lowest BCUT2D eigenvalue weighted by Crippen LogP contribution is -2.35. The number of hydrogen-bond donors (Lipinski definition) is 1. The van der Waals surface area contributed by atoms with E-state index in [1.54, 1.807) is 30.3 Å². The molecule has 1 heterocycles. The Morgan fingerprint density at radius 3 is 2.50 bits per heavy atom. The second-order valence-electron chi connectivity index (χ2n) is 6.90. The minimum Gasteiger partial charge on any atom is -0.349 e. The number of anilines is 1. The summed E-state index contributed by atoms with van der Waals surface area (Å²) in [7, 11) is -3.69. The highest BCUT2D eigenvalue weighted by atomic mass is 35.5. The third kappa shape index (κ3) is 3.08.